The number of anilines is 1. The van der Waals surface area contributed by atoms with E-state index in [1.54, 1.807) is 0 Å². The number of hydrogen-bond donors (Lipinski definition) is 1. The van der Waals surface area contributed by atoms with Gasteiger partial charge < -0.3 is 5.32 Å². The van der Waals surface area contributed by atoms with Crippen LogP contribution < -0.4 is 5.32 Å². The predicted octanol–water partition coefficient (Wildman–Crippen LogP) is 4.27. The summed E-state index contributed by atoms with van der Waals surface area (Å²) in [6, 6.07) is 17.7. The molecule has 0 radical (unpaired) electrons. The second kappa shape index (κ2) is 7.11. The van der Waals surface area contributed by atoms with Gasteiger partial charge in [-0.1, -0.05) is 71.4 Å². The molecule has 1 aliphatic heterocycles. The molecule has 1 unspecified atom stereocenters. The molecule has 1 heterocycles. The van der Waals surface area contributed by atoms with Crippen LogP contribution in [-0.2, 0) is 11.3 Å². The van der Waals surface area contributed by atoms with Crippen LogP contribution in [-0.4, -0.2) is 23.4 Å². The van der Waals surface area contributed by atoms with Crippen molar-refractivity contribution >= 4 is 32.0 Å². The molecule has 1 amide bonds. The summed E-state index contributed by atoms with van der Waals surface area (Å²) in [4.78, 5) is 14.9. The highest BCUT2D eigenvalue weighted by Crippen LogP contribution is 2.27. The van der Waals surface area contributed by atoms with Crippen molar-refractivity contribution in [2.45, 2.75) is 19.5 Å². The van der Waals surface area contributed by atoms with Gasteiger partial charge in [-0.2, -0.15) is 0 Å². The lowest BCUT2D eigenvalue weighted by atomic mass is 10.1. The van der Waals surface area contributed by atoms with Crippen LogP contribution in [0.25, 0.3) is 4.48 Å². The summed E-state index contributed by atoms with van der Waals surface area (Å²) in [5, 5.41) is 3.05. The van der Waals surface area contributed by atoms with Gasteiger partial charge in [0.1, 0.15) is 6.04 Å². The number of carbonyl (C=O) groups excluding carboxylic acids is 1. The molecule has 2 aromatic carbocycles. The normalized spacial score (nSPS) is 19.0. The van der Waals surface area contributed by atoms with Gasteiger partial charge >= 0.3 is 0 Å². The third kappa shape index (κ3) is 3.54. The number of rotatable bonds is 3. The first kappa shape index (κ1) is 16.0. The van der Waals surface area contributed by atoms with E-state index >= 15 is 0 Å². The van der Waals surface area contributed by atoms with Crippen LogP contribution in [0.15, 0.2) is 60.7 Å². The van der Waals surface area contributed by atoms with Crippen molar-refractivity contribution in [1.82, 2.24) is 4.90 Å². The van der Waals surface area contributed by atoms with E-state index in [0.29, 0.717) is 0 Å². The van der Waals surface area contributed by atoms with Gasteiger partial charge in [0.05, 0.1) is 0 Å². The first-order chi connectivity index (χ1) is 11.2. The zero-order chi connectivity index (χ0) is 16.2. The molecule has 118 valence electrons. The van der Waals surface area contributed by atoms with Gasteiger partial charge in [0.15, 0.2) is 0 Å². The van der Waals surface area contributed by atoms with Crippen molar-refractivity contribution < 1.29 is 4.79 Å². The van der Waals surface area contributed by atoms with E-state index in [2.05, 4.69) is 39.1 Å². The molecule has 0 aromatic heterocycles. The van der Waals surface area contributed by atoms with E-state index in [9.17, 15) is 4.79 Å². The standard InChI is InChI=1S/C19H19BrN2O/c1-2-22-13-15-10-6-7-11-17(15)21-19(23)18(22)12-16(20)14-8-4-3-5-9-14/h3-12,18H,2,13H2,1H3,(H,21,23)/b16-12-. The average molecular weight is 371 g/mol. The molecular weight excluding hydrogens is 352 g/mol. The molecule has 4 heteroatoms. The van der Waals surface area contributed by atoms with Gasteiger partial charge in [-0.15, -0.1) is 0 Å². The molecular formula is C19H19BrN2O. The Morgan fingerprint density at radius 3 is 2.65 bits per heavy atom. The lowest BCUT2D eigenvalue weighted by Crippen LogP contribution is -2.40. The molecule has 0 spiro atoms. The van der Waals surface area contributed by atoms with Crippen molar-refractivity contribution in [1.29, 1.82) is 0 Å². The van der Waals surface area contributed by atoms with Gasteiger partial charge in [0.2, 0.25) is 5.91 Å². The molecule has 23 heavy (non-hydrogen) atoms. The smallest absolute Gasteiger partial charge is 0.245 e. The van der Waals surface area contributed by atoms with E-state index in [-0.39, 0.29) is 11.9 Å². The van der Waals surface area contributed by atoms with E-state index in [1.165, 1.54) is 0 Å². The summed E-state index contributed by atoms with van der Waals surface area (Å²) < 4.78 is 0.933. The summed E-state index contributed by atoms with van der Waals surface area (Å²) in [6.07, 6.45) is 1.99. The molecule has 1 N–H and O–H groups in total. The number of benzene rings is 2. The molecule has 0 saturated carbocycles. The largest absolute Gasteiger partial charge is 0.324 e. The van der Waals surface area contributed by atoms with Crippen molar-refractivity contribution in [2.75, 3.05) is 11.9 Å². The molecule has 1 aliphatic rings. The minimum Gasteiger partial charge on any atom is -0.324 e. The van der Waals surface area contributed by atoms with Crippen molar-refractivity contribution in [3.05, 3.63) is 71.8 Å². The van der Waals surface area contributed by atoms with E-state index < -0.39 is 0 Å². The number of halogens is 1. The second-order valence-electron chi connectivity index (χ2n) is 5.53. The fraction of sp³-hybridized carbons (Fsp3) is 0.211. The molecule has 2 aromatic rings. The Morgan fingerprint density at radius 2 is 1.91 bits per heavy atom. The Morgan fingerprint density at radius 1 is 1.22 bits per heavy atom. The van der Waals surface area contributed by atoms with Crippen LogP contribution in [0.3, 0.4) is 0 Å². The summed E-state index contributed by atoms with van der Waals surface area (Å²) in [5.41, 5.74) is 3.12. The van der Waals surface area contributed by atoms with E-state index in [0.717, 1.165) is 34.4 Å². The zero-order valence-corrected chi connectivity index (χ0v) is 14.6. The van der Waals surface area contributed by atoms with Crippen LogP contribution in [0.5, 0.6) is 0 Å². The predicted molar refractivity (Wildman–Crippen MR) is 98.3 cm³/mol. The Balaban J connectivity index is 1.94. The number of para-hydroxylation sites is 1. The third-order valence-corrected chi connectivity index (χ3v) is 4.79. The number of nitrogens with zero attached hydrogens (tertiary/aromatic N) is 1. The topological polar surface area (TPSA) is 32.3 Å². The van der Waals surface area contributed by atoms with E-state index in [4.69, 9.17) is 0 Å². The van der Waals surface area contributed by atoms with Gasteiger partial charge in [-0.25, -0.2) is 0 Å². The maximum Gasteiger partial charge on any atom is 0.245 e. The quantitative estimate of drug-likeness (QED) is 0.874. The molecule has 1 atom stereocenters. The highest BCUT2D eigenvalue weighted by molar-refractivity contribution is 9.15. The first-order valence-electron chi connectivity index (χ1n) is 7.74. The molecule has 0 fully saturated rings. The van der Waals surface area contributed by atoms with Crippen molar-refractivity contribution in [2.24, 2.45) is 0 Å². The van der Waals surface area contributed by atoms with Gasteiger partial charge in [-0.3, -0.25) is 9.69 Å². The summed E-state index contributed by atoms with van der Waals surface area (Å²) in [6.45, 7) is 3.64. The first-order valence-corrected chi connectivity index (χ1v) is 8.54. The average Bonchev–Trinajstić information content (AvgIpc) is 2.72. The summed E-state index contributed by atoms with van der Waals surface area (Å²) >= 11 is 3.62. The molecule has 0 aliphatic carbocycles. The monoisotopic (exact) mass is 370 g/mol. The number of likely N-dealkylation sites (N-methyl/N-ethyl adjacent to an activating group) is 1. The van der Waals surface area contributed by atoms with Crippen molar-refractivity contribution in [3.63, 3.8) is 0 Å². The van der Waals surface area contributed by atoms with Crippen LogP contribution in [0.1, 0.15) is 18.1 Å². The zero-order valence-electron chi connectivity index (χ0n) is 13.0. The van der Waals surface area contributed by atoms with Crippen molar-refractivity contribution in [3.8, 4) is 0 Å². The fourth-order valence-corrected chi connectivity index (χ4v) is 3.31. The number of carbonyl (C=O) groups is 1. The van der Waals surface area contributed by atoms with Crippen LogP contribution in [0, 0.1) is 0 Å². The minimum absolute atomic E-state index is 0.00433. The van der Waals surface area contributed by atoms with Gasteiger partial charge in [0.25, 0.3) is 0 Å². The Kier molecular flexibility index (Phi) is 4.94. The number of hydrogen-bond acceptors (Lipinski definition) is 2. The molecule has 0 bridgehead atoms. The molecule has 3 rings (SSSR count). The number of nitrogens with one attached hydrogen (secondary N) is 1. The van der Waals surface area contributed by atoms with Crippen LogP contribution >= 0.6 is 15.9 Å². The number of amides is 1. The highest BCUT2D eigenvalue weighted by atomic mass is 79.9. The maximum atomic E-state index is 12.7. The minimum atomic E-state index is -0.304. The SMILES string of the molecule is CCN1Cc2ccccc2NC(=O)C1/C=C(\Br)c1ccccc1. The Bertz CT molecular complexity index is 727. The van der Waals surface area contributed by atoms with Gasteiger partial charge in [-0.05, 0) is 29.8 Å². The third-order valence-electron chi connectivity index (χ3n) is 4.07. The van der Waals surface area contributed by atoms with E-state index in [1.807, 2.05) is 54.6 Å². The lowest BCUT2D eigenvalue weighted by Gasteiger charge is -2.25. The summed E-state index contributed by atoms with van der Waals surface area (Å²) in [7, 11) is 0. The summed E-state index contributed by atoms with van der Waals surface area (Å²) in [5.74, 6) is 0.00433. The number of fused-ring (bicyclic) bond motifs is 1. The highest BCUT2D eigenvalue weighted by Gasteiger charge is 2.28. The Hall–Kier alpha value is -1.91. The Labute approximate surface area is 145 Å². The maximum absolute atomic E-state index is 12.7. The molecule has 3 nitrogen and oxygen atoms in total. The second-order valence-corrected chi connectivity index (χ2v) is 6.39. The van der Waals surface area contributed by atoms with Gasteiger partial charge in [0, 0.05) is 16.7 Å². The lowest BCUT2D eigenvalue weighted by molar-refractivity contribution is -0.119. The molecule has 0 saturated heterocycles. The van der Waals surface area contributed by atoms with Crippen LogP contribution in [0.2, 0.25) is 0 Å². The van der Waals surface area contributed by atoms with Crippen LogP contribution in [0.4, 0.5) is 5.69 Å². The fourth-order valence-electron chi connectivity index (χ4n) is 2.79.